The lowest BCUT2D eigenvalue weighted by Crippen LogP contribution is -2.35. The molecule has 2 aromatic carbocycles. The molecule has 0 radical (unpaired) electrons. The molecule has 2 nitrogen and oxygen atoms in total. The lowest BCUT2D eigenvalue weighted by Gasteiger charge is -2.23. The Morgan fingerprint density at radius 2 is 1.81 bits per heavy atom. The van der Waals surface area contributed by atoms with Crippen molar-refractivity contribution in [2.45, 2.75) is 51.0 Å². The Bertz CT molecular complexity index is 804. The Balaban J connectivity index is 1.81. The van der Waals surface area contributed by atoms with Gasteiger partial charge in [-0.25, -0.2) is 0 Å². The molecule has 0 bridgehead atoms. The third-order valence-electron chi connectivity index (χ3n) is 4.95. The minimum Gasteiger partial charge on any atom is -0.323 e. The fraction of sp³-hybridized carbons (Fsp3) is 0.400. The molecule has 0 saturated carbocycles. The fourth-order valence-corrected chi connectivity index (χ4v) is 3.88. The molecule has 2 aromatic rings. The van der Waals surface area contributed by atoms with Crippen LogP contribution in [0, 0.1) is 13.8 Å². The van der Waals surface area contributed by atoms with Crippen LogP contribution in [0.5, 0.6) is 0 Å². The summed E-state index contributed by atoms with van der Waals surface area (Å²) in [7, 11) is 0. The maximum atomic E-state index is 13.1. The van der Waals surface area contributed by atoms with Crippen molar-refractivity contribution in [2.24, 2.45) is 5.73 Å². The molecule has 1 aliphatic heterocycles. The highest BCUT2D eigenvalue weighted by molar-refractivity contribution is 6.31. The van der Waals surface area contributed by atoms with E-state index in [0.717, 1.165) is 36.1 Å². The average Bonchev–Trinajstić information content (AvgIpc) is 3.04. The molecular formula is C20H22ClF3N2. The van der Waals surface area contributed by atoms with Gasteiger partial charge in [0, 0.05) is 23.1 Å². The van der Waals surface area contributed by atoms with Crippen LogP contribution in [0.25, 0.3) is 0 Å². The molecule has 0 aliphatic carbocycles. The first-order chi connectivity index (χ1) is 12.1. The summed E-state index contributed by atoms with van der Waals surface area (Å²) in [6, 6.07) is 9.36. The lowest BCUT2D eigenvalue weighted by atomic mass is 9.95. The van der Waals surface area contributed by atoms with Gasteiger partial charge in [0.05, 0.1) is 5.56 Å². The number of hydrogen-bond donors (Lipinski definition) is 2. The molecule has 0 unspecified atom stereocenters. The van der Waals surface area contributed by atoms with E-state index in [1.807, 2.05) is 25.1 Å². The topological polar surface area (TPSA) is 38.0 Å². The van der Waals surface area contributed by atoms with E-state index >= 15 is 0 Å². The van der Waals surface area contributed by atoms with Crippen LogP contribution in [0.2, 0.25) is 5.02 Å². The van der Waals surface area contributed by atoms with E-state index in [4.69, 9.17) is 17.3 Å². The maximum absolute atomic E-state index is 13.1. The molecule has 0 aromatic heterocycles. The summed E-state index contributed by atoms with van der Waals surface area (Å²) in [5.74, 6) is 0. The molecule has 1 saturated heterocycles. The molecule has 1 heterocycles. The first-order valence-corrected chi connectivity index (χ1v) is 8.99. The third-order valence-corrected chi connectivity index (χ3v) is 5.30. The zero-order chi connectivity index (χ0) is 19.1. The zero-order valence-electron chi connectivity index (χ0n) is 14.7. The predicted molar refractivity (Wildman–Crippen MR) is 98.2 cm³/mol. The van der Waals surface area contributed by atoms with Crippen LogP contribution in [-0.2, 0) is 6.18 Å². The smallest absolute Gasteiger partial charge is 0.323 e. The molecule has 0 spiro atoms. The molecule has 6 heteroatoms. The quantitative estimate of drug-likeness (QED) is 0.738. The summed E-state index contributed by atoms with van der Waals surface area (Å²) < 4.78 is 39.2. The van der Waals surface area contributed by atoms with E-state index in [2.05, 4.69) is 5.32 Å². The number of halogens is 4. The van der Waals surface area contributed by atoms with Crippen LogP contribution in [0.15, 0.2) is 36.4 Å². The van der Waals surface area contributed by atoms with Crippen LogP contribution < -0.4 is 11.1 Å². The Morgan fingerprint density at radius 1 is 1.08 bits per heavy atom. The number of nitrogens with two attached hydrogens (primary N) is 1. The van der Waals surface area contributed by atoms with Gasteiger partial charge in [-0.1, -0.05) is 40.9 Å². The normalized spacial score (nSPS) is 21.8. The number of benzene rings is 2. The van der Waals surface area contributed by atoms with E-state index in [9.17, 15) is 13.2 Å². The molecule has 26 heavy (non-hydrogen) atoms. The third kappa shape index (κ3) is 4.05. The monoisotopic (exact) mass is 382 g/mol. The van der Waals surface area contributed by atoms with E-state index < -0.39 is 17.8 Å². The summed E-state index contributed by atoms with van der Waals surface area (Å²) in [5, 5.41) is 4.15. The van der Waals surface area contributed by atoms with Gasteiger partial charge in [0.1, 0.15) is 0 Å². The molecule has 3 N–H and O–H groups in total. The lowest BCUT2D eigenvalue weighted by molar-refractivity contribution is -0.137. The van der Waals surface area contributed by atoms with Crippen LogP contribution in [-0.4, -0.2) is 6.04 Å². The highest BCUT2D eigenvalue weighted by Gasteiger charge is 2.34. The van der Waals surface area contributed by atoms with Crippen LogP contribution in [0.4, 0.5) is 13.2 Å². The molecule has 3 rings (SSSR count). The van der Waals surface area contributed by atoms with Crippen molar-refractivity contribution in [3.63, 3.8) is 0 Å². The second-order valence-corrected chi connectivity index (χ2v) is 7.49. The summed E-state index contributed by atoms with van der Waals surface area (Å²) in [6.45, 7) is 3.66. The highest BCUT2D eigenvalue weighted by atomic mass is 35.5. The van der Waals surface area contributed by atoms with Crippen LogP contribution in [0.1, 0.15) is 52.7 Å². The summed E-state index contributed by atoms with van der Waals surface area (Å²) in [6.07, 6.45) is -2.74. The zero-order valence-corrected chi connectivity index (χ0v) is 15.5. The van der Waals surface area contributed by atoms with Gasteiger partial charge in [-0.2, -0.15) is 13.2 Å². The Kier molecular flexibility index (Phi) is 5.33. The Labute approximate surface area is 156 Å². The van der Waals surface area contributed by atoms with Gasteiger partial charge in [0.25, 0.3) is 0 Å². The molecule has 3 atom stereocenters. The summed E-state index contributed by atoms with van der Waals surface area (Å²) in [4.78, 5) is 0. The largest absolute Gasteiger partial charge is 0.416 e. The van der Waals surface area contributed by atoms with E-state index in [0.29, 0.717) is 16.1 Å². The van der Waals surface area contributed by atoms with E-state index in [-0.39, 0.29) is 12.1 Å². The number of alkyl halides is 3. The van der Waals surface area contributed by atoms with Crippen molar-refractivity contribution >= 4 is 11.6 Å². The molecule has 1 fully saturated rings. The number of nitrogens with one attached hydrogen (secondary N) is 1. The van der Waals surface area contributed by atoms with Gasteiger partial charge >= 0.3 is 6.18 Å². The average molecular weight is 383 g/mol. The maximum Gasteiger partial charge on any atom is 0.416 e. The standard InChI is InChI=1S/C20H22ClF3N2/c1-11-3-4-16(21)15(9-11)17-5-6-18(26-17)19(25)13-7-12(2)8-14(10-13)20(22,23)24/h3-4,7-10,17-19,26H,5-6,25H2,1-2H3/t17-,18-,19+/m0/s1. The van der Waals surface area contributed by atoms with Gasteiger partial charge in [-0.05, 0) is 56.0 Å². The Hall–Kier alpha value is -1.56. The predicted octanol–water partition coefficient (Wildman–Crippen LogP) is 5.47. The van der Waals surface area contributed by atoms with Gasteiger partial charge in [-0.3, -0.25) is 0 Å². The van der Waals surface area contributed by atoms with Crippen LogP contribution >= 0.6 is 11.6 Å². The minimum atomic E-state index is -4.37. The first-order valence-electron chi connectivity index (χ1n) is 8.61. The summed E-state index contributed by atoms with van der Waals surface area (Å²) in [5.41, 5.74) is 8.87. The second kappa shape index (κ2) is 7.22. The molecule has 0 amide bonds. The number of hydrogen-bond acceptors (Lipinski definition) is 2. The number of aryl methyl sites for hydroxylation is 2. The molecule has 1 aliphatic rings. The highest BCUT2D eigenvalue weighted by Crippen LogP contribution is 2.37. The van der Waals surface area contributed by atoms with Crippen LogP contribution in [0.3, 0.4) is 0 Å². The SMILES string of the molecule is Cc1cc([C@@H](N)[C@@H]2CC[C@@H](c3cc(C)ccc3Cl)N2)cc(C(F)(F)F)c1. The first kappa shape index (κ1) is 19.2. The number of rotatable bonds is 3. The van der Waals surface area contributed by atoms with Gasteiger partial charge in [0.15, 0.2) is 0 Å². The fourth-order valence-electron chi connectivity index (χ4n) is 3.63. The summed E-state index contributed by atoms with van der Waals surface area (Å²) >= 11 is 6.32. The van der Waals surface area contributed by atoms with Crippen molar-refractivity contribution in [1.82, 2.24) is 5.32 Å². The van der Waals surface area contributed by atoms with Crippen molar-refractivity contribution < 1.29 is 13.2 Å². The molecular weight excluding hydrogens is 361 g/mol. The van der Waals surface area contributed by atoms with Gasteiger partial charge < -0.3 is 11.1 Å². The van der Waals surface area contributed by atoms with E-state index in [1.165, 1.54) is 0 Å². The van der Waals surface area contributed by atoms with Gasteiger partial charge in [0.2, 0.25) is 0 Å². The van der Waals surface area contributed by atoms with Crippen molar-refractivity contribution in [2.75, 3.05) is 0 Å². The minimum absolute atomic E-state index is 0.0605. The molecule has 140 valence electrons. The van der Waals surface area contributed by atoms with Crippen molar-refractivity contribution in [3.05, 3.63) is 69.2 Å². The Morgan fingerprint density at radius 3 is 2.50 bits per heavy atom. The second-order valence-electron chi connectivity index (χ2n) is 7.08. The van der Waals surface area contributed by atoms with Crippen molar-refractivity contribution in [1.29, 1.82) is 0 Å². The van der Waals surface area contributed by atoms with Crippen molar-refractivity contribution in [3.8, 4) is 0 Å². The van der Waals surface area contributed by atoms with Gasteiger partial charge in [-0.15, -0.1) is 0 Å². The van der Waals surface area contributed by atoms with E-state index in [1.54, 1.807) is 13.0 Å².